The maximum Gasteiger partial charge on any atom is 0.251 e. The second-order valence-corrected chi connectivity index (χ2v) is 5.74. The zero-order valence-corrected chi connectivity index (χ0v) is 13.7. The molecular formula is C17H18FN5O. The smallest absolute Gasteiger partial charge is 0.251 e. The molecule has 0 spiro atoms. The highest BCUT2D eigenvalue weighted by molar-refractivity contribution is 5.94. The molecule has 3 aromatic rings. The van der Waals surface area contributed by atoms with Crippen molar-refractivity contribution in [1.29, 1.82) is 0 Å². The maximum absolute atomic E-state index is 14.0. The minimum absolute atomic E-state index is 0.263. The summed E-state index contributed by atoms with van der Waals surface area (Å²) in [5, 5.41) is 11.0. The van der Waals surface area contributed by atoms with Gasteiger partial charge < -0.3 is 10.2 Å². The van der Waals surface area contributed by atoms with Gasteiger partial charge in [-0.25, -0.2) is 4.39 Å². The quantitative estimate of drug-likeness (QED) is 0.799. The second kappa shape index (κ2) is 6.27. The molecule has 0 radical (unpaired) electrons. The lowest BCUT2D eigenvalue weighted by atomic mass is 10.1. The van der Waals surface area contributed by atoms with Crippen LogP contribution in [-0.4, -0.2) is 34.6 Å². The molecule has 1 amide bonds. The number of nitrogens with zero attached hydrogens (tertiary/aromatic N) is 4. The molecule has 7 heteroatoms. The van der Waals surface area contributed by atoms with E-state index in [1.807, 2.05) is 31.3 Å². The Bertz CT molecular complexity index is 890. The van der Waals surface area contributed by atoms with Crippen LogP contribution in [-0.2, 0) is 0 Å². The molecule has 0 unspecified atom stereocenters. The predicted octanol–water partition coefficient (Wildman–Crippen LogP) is 2.43. The largest absolute Gasteiger partial charge is 0.375 e. The van der Waals surface area contributed by atoms with Crippen LogP contribution in [0.4, 0.5) is 10.1 Å². The molecule has 0 aliphatic rings. The summed E-state index contributed by atoms with van der Waals surface area (Å²) in [4.78, 5) is 14.0. The molecular weight excluding hydrogens is 309 g/mol. The Kier molecular flexibility index (Phi) is 4.16. The average Bonchev–Trinajstić information content (AvgIpc) is 2.98. The fourth-order valence-corrected chi connectivity index (χ4v) is 2.51. The number of nitrogens with one attached hydrogen (secondary N) is 1. The summed E-state index contributed by atoms with van der Waals surface area (Å²) in [5.41, 5.74) is 1.40. The average molecular weight is 327 g/mol. The second-order valence-electron chi connectivity index (χ2n) is 5.74. The van der Waals surface area contributed by atoms with Crippen LogP contribution >= 0.6 is 0 Å². The van der Waals surface area contributed by atoms with Crippen molar-refractivity contribution < 1.29 is 9.18 Å². The SMILES string of the molecule is C[C@H](NC(=O)c1ccc(N(C)C)c(F)c1)c1nnc2ccccn12. The predicted molar refractivity (Wildman–Crippen MR) is 89.6 cm³/mol. The minimum atomic E-state index is -0.437. The summed E-state index contributed by atoms with van der Waals surface area (Å²) >= 11 is 0. The van der Waals surface area contributed by atoms with Gasteiger partial charge in [-0.2, -0.15) is 0 Å². The summed E-state index contributed by atoms with van der Waals surface area (Å²) in [7, 11) is 3.49. The third-order valence-corrected chi connectivity index (χ3v) is 3.77. The molecule has 0 saturated heterocycles. The van der Waals surface area contributed by atoms with E-state index >= 15 is 0 Å². The summed E-state index contributed by atoms with van der Waals surface area (Å²) in [6.07, 6.45) is 1.83. The van der Waals surface area contributed by atoms with E-state index < -0.39 is 5.82 Å². The number of carbonyl (C=O) groups is 1. The van der Waals surface area contributed by atoms with Crippen molar-refractivity contribution in [1.82, 2.24) is 19.9 Å². The number of amides is 1. The molecule has 0 aliphatic carbocycles. The number of aromatic nitrogens is 3. The topological polar surface area (TPSA) is 62.5 Å². The fraction of sp³-hybridized carbons (Fsp3) is 0.235. The lowest BCUT2D eigenvalue weighted by Gasteiger charge is -2.15. The minimum Gasteiger partial charge on any atom is -0.375 e. The van der Waals surface area contributed by atoms with E-state index in [1.54, 1.807) is 35.5 Å². The zero-order chi connectivity index (χ0) is 17.3. The lowest BCUT2D eigenvalue weighted by Crippen LogP contribution is -2.28. The first-order valence-corrected chi connectivity index (χ1v) is 7.55. The Balaban J connectivity index is 1.80. The molecule has 1 N–H and O–H groups in total. The highest BCUT2D eigenvalue weighted by atomic mass is 19.1. The van der Waals surface area contributed by atoms with Gasteiger partial charge in [-0.15, -0.1) is 10.2 Å². The van der Waals surface area contributed by atoms with Crippen LogP contribution < -0.4 is 10.2 Å². The molecule has 6 nitrogen and oxygen atoms in total. The third-order valence-electron chi connectivity index (χ3n) is 3.77. The number of rotatable bonds is 4. The van der Waals surface area contributed by atoms with Crippen LogP contribution in [0.1, 0.15) is 29.1 Å². The molecule has 0 fully saturated rings. The van der Waals surface area contributed by atoms with Gasteiger partial charge in [0.1, 0.15) is 5.82 Å². The van der Waals surface area contributed by atoms with Crippen LogP contribution in [0.25, 0.3) is 5.65 Å². The van der Waals surface area contributed by atoms with Gasteiger partial charge in [-0.05, 0) is 37.3 Å². The van der Waals surface area contributed by atoms with E-state index in [-0.39, 0.29) is 17.5 Å². The van der Waals surface area contributed by atoms with Crippen molar-refractivity contribution in [2.75, 3.05) is 19.0 Å². The van der Waals surface area contributed by atoms with Crippen molar-refractivity contribution in [2.24, 2.45) is 0 Å². The molecule has 2 aromatic heterocycles. The van der Waals surface area contributed by atoms with Crippen molar-refractivity contribution >= 4 is 17.2 Å². The highest BCUT2D eigenvalue weighted by Gasteiger charge is 2.17. The molecule has 2 heterocycles. The van der Waals surface area contributed by atoms with Gasteiger partial charge >= 0.3 is 0 Å². The van der Waals surface area contributed by atoms with E-state index in [1.165, 1.54) is 6.07 Å². The number of hydrogen-bond donors (Lipinski definition) is 1. The van der Waals surface area contributed by atoms with Crippen molar-refractivity contribution in [3.8, 4) is 0 Å². The third kappa shape index (κ3) is 2.92. The Labute approximate surface area is 138 Å². The van der Waals surface area contributed by atoms with Crippen molar-refractivity contribution in [3.63, 3.8) is 0 Å². The van der Waals surface area contributed by atoms with E-state index in [9.17, 15) is 9.18 Å². The van der Waals surface area contributed by atoms with Crippen molar-refractivity contribution in [2.45, 2.75) is 13.0 Å². The van der Waals surface area contributed by atoms with Crippen LogP contribution in [0.5, 0.6) is 0 Å². The standard InChI is InChI=1S/C17H18FN5O/c1-11(16-21-20-15-6-4-5-9-23(15)16)19-17(24)12-7-8-14(22(2)3)13(18)10-12/h4-11H,1-3H3,(H,19,24)/t11-/m0/s1. The normalized spacial score (nSPS) is 12.2. The van der Waals surface area contributed by atoms with E-state index in [0.717, 1.165) is 0 Å². The Morgan fingerprint density at radius 1 is 1.25 bits per heavy atom. The number of anilines is 1. The first-order valence-electron chi connectivity index (χ1n) is 7.55. The van der Waals surface area contributed by atoms with Crippen LogP contribution in [0, 0.1) is 5.82 Å². The summed E-state index contributed by atoms with van der Waals surface area (Å²) in [6, 6.07) is 9.62. The van der Waals surface area contributed by atoms with Gasteiger partial charge in [0.2, 0.25) is 0 Å². The number of fused-ring (bicyclic) bond motifs is 1. The summed E-state index contributed by atoms with van der Waals surface area (Å²) in [5.74, 6) is -0.183. The van der Waals surface area contributed by atoms with Gasteiger partial charge in [-0.1, -0.05) is 6.07 Å². The summed E-state index contributed by atoms with van der Waals surface area (Å²) < 4.78 is 15.8. The first kappa shape index (κ1) is 15.9. The van der Waals surface area contributed by atoms with Gasteiger partial charge in [0.15, 0.2) is 11.5 Å². The van der Waals surface area contributed by atoms with Gasteiger partial charge in [0.05, 0.1) is 11.7 Å². The van der Waals surface area contributed by atoms with E-state index in [2.05, 4.69) is 15.5 Å². The first-order chi connectivity index (χ1) is 11.5. The Morgan fingerprint density at radius 3 is 2.75 bits per heavy atom. The molecule has 0 aliphatic heterocycles. The van der Waals surface area contributed by atoms with Gasteiger partial charge in [-0.3, -0.25) is 9.20 Å². The monoisotopic (exact) mass is 327 g/mol. The lowest BCUT2D eigenvalue weighted by molar-refractivity contribution is 0.0937. The van der Waals surface area contributed by atoms with E-state index in [0.29, 0.717) is 17.2 Å². The van der Waals surface area contributed by atoms with Crippen LogP contribution in [0.2, 0.25) is 0 Å². The fourth-order valence-electron chi connectivity index (χ4n) is 2.51. The molecule has 24 heavy (non-hydrogen) atoms. The van der Waals surface area contributed by atoms with E-state index in [4.69, 9.17) is 0 Å². The molecule has 124 valence electrons. The zero-order valence-electron chi connectivity index (χ0n) is 13.7. The molecule has 3 rings (SSSR count). The number of hydrogen-bond acceptors (Lipinski definition) is 4. The Morgan fingerprint density at radius 2 is 2.04 bits per heavy atom. The highest BCUT2D eigenvalue weighted by Crippen LogP contribution is 2.19. The van der Waals surface area contributed by atoms with Crippen LogP contribution in [0.3, 0.4) is 0 Å². The summed E-state index contributed by atoms with van der Waals surface area (Å²) in [6.45, 7) is 1.81. The maximum atomic E-state index is 14.0. The number of carbonyl (C=O) groups excluding carboxylic acids is 1. The van der Waals surface area contributed by atoms with Crippen molar-refractivity contribution in [3.05, 3.63) is 59.8 Å². The molecule has 1 aromatic carbocycles. The number of benzene rings is 1. The molecule has 1 atom stereocenters. The number of halogens is 1. The van der Waals surface area contributed by atoms with Crippen LogP contribution in [0.15, 0.2) is 42.6 Å². The van der Waals surface area contributed by atoms with Gasteiger partial charge in [0, 0.05) is 25.9 Å². The number of pyridine rings is 1. The molecule has 0 bridgehead atoms. The Hall–Kier alpha value is -2.96. The molecule has 0 saturated carbocycles. The van der Waals surface area contributed by atoms with Gasteiger partial charge in [0.25, 0.3) is 5.91 Å².